The minimum atomic E-state index is -4.49. The summed E-state index contributed by atoms with van der Waals surface area (Å²) in [7, 11) is 1.56. The molecule has 2 aromatic rings. The summed E-state index contributed by atoms with van der Waals surface area (Å²) >= 11 is 0. The third kappa shape index (κ3) is 5.60. The van der Waals surface area contributed by atoms with Gasteiger partial charge in [-0.25, -0.2) is 0 Å². The van der Waals surface area contributed by atoms with Crippen molar-refractivity contribution in [3.63, 3.8) is 0 Å². The van der Waals surface area contributed by atoms with E-state index in [2.05, 4.69) is 22.8 Å². The minimum Gasteiger partial charge on any atom is -0.496 e. The number of piperidine rings is 1. The quantitative estimate of drug-likeness (QED) is 0.563. The van der Waals surface area contributed by atoms with Crippen molar-refractivity contribution in [1.82, 2.24) is 10.6 Å². The van der Waals surface area contributed by atoms with Crippen LogP contribution in [0.5, 0.6) is 5.75 Å². The highest BCUT2D eigenvalue weighted by Gasteiger charge is 2.55. The number of hydrogen-bond acceptors (Lipinski definition) is 4. The number of benzene rings is 2. The lowest BCUT2D eigenvalue weighted by atomic mass is 9.85. The molecule has 184 valence electrons. The molecule has 1 fully saturated rings. The zero-order chi connectivity index (χ0) is 22.1. The van der Waals surface area contributed by atoms with Crippen LogP contribution in [-0.2, 0) is 23.3 Å². The van der Waals surface area contributed by atoms with Crippen molar-refractivity contribution in [2.24, 2.45) is 0 Å². The summed E-state index contributed by atoms with van der Waals surface area (Å²) in [5, 5.41) is 7.14. The Hall–Kier alpha value is -1.51. The first-order valence-corrected chi connectivity index (χ1v) is 10.8. The molecule has 33 heavy (non-hydrogen) atoms. The van der Waals surface area contributed by atoms with Crippen LogP contribution in [0.4, 0.5) is 13.2 Å². The zero-order valence-electron chi connectivity index (χ0n) is 18.7. The van der Waals surface area contributed by atoms with Gasteiger partial charge in [0.05, 0.1) is 13.7 Å². The topological polar surface area (TPSA) is 42.5 Å². The number of methoxy groups -OCH3 is 1. The van der Waals surface area contributed by atoms with Crippen LogP contribution in [0.1, 0.15) is 48.1 Å². The van der Waals surface area contributed by atoms with Crippen LogP contribution >= 0.6 is 24.8 Å². The molecule has 9 heteroatoms. The molecule has 0 bridgehead atoms. The zero-order valence-corrected chi connectivity index (χ0v) is 20.3. The van der Waals surface area contributed by atoms with E-state index in [9.17, 15) is 13.2 Å². The highest BCUT2D eigenvalue weighted by Crippen LogP contribution is 2.47. The first-order valence-electron chi connectivity index (χ1n) is 10.8. The van der Waals surface area contributed by atoms with Gasteiger partial charge in [-0.3, -0.25) is 0 Å². The van der Waals surface area contributed by atoms with Gasteiger partial charge in [0.2, 0.25) is 0 Å². The predicted molar refractivity (Wildman–Crippen MR) is 128 cm³/mol. The lowest BCUT2D eigenvalue weighted by Gasteiger charge is -2.38. The molecule has 2 aliphatic heterocycles. The number of ether oxygens (including phenoxy) is 2. The van der Waals surface area contributed by atoms with Gasteiger partial charge >= 0.3 is 6.18 Å². The molecule has 2 N–H and O–H groups in total. The van der Waals surface area contributed by atoms with Crippen LogP contribution < -0.4 is 15.4 Å². The van der Waals surface area contributed by atoms with Crippen molar-refractivity contribution in [1.29, 1.82) is 0 Å². The Morgan fingerprint density at radius 1 is 1.18 bits per heavy atom. The highest BCUT2D eigenvalue weighted by atomic mass is 35.5. The number of hydrogen-bond donors (Lipinski definition) is 2. The molecule has 4 rings (SSSR count). The van der Waals surface area contributed by atoms with Gasteiger partial charge in [-0.15, -0.1) is 24.8 Å². The summed E-state index contributed by atoms with van der Waals surface area (Å²) in [6.07, 6.45) is -2.02. The van der Waals surface area contributed by atoms with Gasteiger partial charge in [0, 0.05) is 24.2 Å². The molecule has 2 heterocycles. The van der Waals surface area contributed by atoms with E-state index >= 15 is 0 Å². The Morgan fingerprint density at radius 2 is 1.91 bits per heavy atom. The Bertz CT molecular complexity index is 915. The Labute approximate surface area is 205 Å². The molecule has 4 nitrogen and oxygen atoms in total. The second-order valence-electron chi connectivity index (χ2n) is 8.42. The van der Waals surface area contributed by atoms with Crippen LogP contribution in [0.15, 0.2) is 42.5 Å². The summed E-state index contributed by atoms with van der Waals surface area (Å²) < 4.78 is 52.4. The summed E-state index contributed by atoms with van der Waals surface area (Å²) in [5.41, 5.74) is 0.425. The molecule has 0 spiro atoms. The molecule has 2 unspecified atom stereocenters. The van der Waals surface area contributed by atoms with E-state index in [-0.39, 0.29) is 49.1 Å². The maximum atomic E-state index is 13.9. The van der Waals surface area contributed by atoms with Gasteiger partial charge in [0.1, 0.15) is 5.75 Å². The van der Waals surface area contributed by atoms with Gasteiger partial charge in [-0.2, -0.15) is 13.2 Å². The maximum absolute atomic E-state index is 13.9. The monoisotopic (exact) mass is 506 g/mol. The largest absolute Gasteiger partial charge is 0.496 e. The molecule has 0 amide bonds. The molecule has 0 aromatic heterocycles. The molecule has 0 aliphatic carbocycles. The number of alkyl halides is 3. The molecule has 2 aliphatic rings. The maximum Gasteiger partial charge on any atom is 0.421 e. The molecule has 3 atom stereocenters. The smallest absolute Gasteiger partial charge is 0.421 e. The fourth-order valence-corrected chi connectivity index (χ4v) is 4.68. The van der Waals surface area contributed by atoms with Crippen molar-refractivity contribution in [2.45, 2.75) is 56.6 Å². The number of rotatable bonds is 5. The van der Waals surface area contributed by atoms with Gasteiger partial charge in [0.25, 0.3) is 0 Å². The van der Waals surface area contributed by atoms with Gasteiger partial charge in [-0.1, -0.05) is 30.3 Å². The number of nitrogens with one attached hydrogen (secondary N) is 2. The molecule has 2 aromatic carbocycles. The summed E-state index contributed by atoms with van der Waals surface area (Å²) in [5.74, 6) is 0.609. The van der Waals surface area contributed by atoms with Crippen LogP contribution in [0.2, 0.25) is 0 Å². The van der Waals surface area contributed by atoms with Crippen LogP contribution in [0.25, 0.3) is 0 Å². The second-order valence-corrected chi connectivity index (χ2v) is 8.42. The van der Waals surface area contributed by atoms with Gasteiger partial charge in [0.15, 0.2) is 5.60 Å². The minimum absolute atomic E-state index is 0. The second kappa shape index (κ2) is 11.3. The van der Waals surface area contributed by atoms with Crippen molar-refractivity contribution in [3.05, 3.63) is 64.7 Å². The van der Waals surface area contributed by atoms with Gasteiger partial charge < -0.3 is 20.1 Å². The average molecular weight is 507 g/mol. The Balaban J connectivity index is 0.00000193. The van der Waals surface area contributed by atoms with Crippen LogP contribution in [0, 0.1) is 0 Å². The molecule has 0 saturated carbocycles. The van der Waals surface area contributed by atoms with Gasteiger partial charge in [-0.05, 0) is 61.6 Å². The number of fused-ring (bicyclic) bond motifs is 1. The van der Waals surface area contributed by atoms with Crippen LogP contribution in [-0.4, -0.2) is 32.5 Å². The van der Waals surface area contributed by atoms with E-state index in [0.717, 1.165) is 26.3 Å². The molecule has 1 saturated heterocycles. The van der Waals surface area contributed by atoms with E-state index in [1.54, 1.807) is 19.2 Å². The van der Waals surface area contributed by atoms with E-state index in [4.69, 9.17) is 9.47 Å². The third-order valence-electron chi connectivity index (χ3n) is 6.50. The van der Waals surface area contributed by atoms with Crippen LogP contribution in [0.3, 0.4) is 0 Å². The van der Waals surface area contributed by atoms with E-state index < -0.39 is 11.8 Å². The summed E-state index contributed by atoms with van der Waals surface area (Å²) in [4.78, 5) is 0. The fraction of sp³-hybridized carbons (Fsp3) is 0.500. The van der Waals surface area contributed by atoms with Crippen molar-refractivity contribution in [3.8, 4) is 5.75 Å². The third-order valence-corrected chi connectivity index (χ3v) is 6.50. The lowest BCUT2D eigenvalue weighted by Crippen LogP contribution is -2.46. The molecular weight excluding hydrogens is 476 g/mol. The van der Waals surface area contributed by atoms with E-state index in [1.165, 1.54) is 5.56 Å². The normalized spacial score (nSPS) is 24.8. The Kier molecular flexibility index (Phi) is 9.48. The standard InChI is InChI=1S/C24H29F3N2O2.2ClH/c1-23(24(25,26)27)19-13-18(21(30-2)14-17(19)10-12-31-23)15-29-20-9-6-11-28-22(20)16-7-4-3-5-8-16;;/h3-5,7-8,13-14,20,22,28-29H,6,9-12,15H2,1-2H3;2*1H/t20?,22?,23-;;/m1../s1. The lowest BCUT2D eigenvalue weighted by molar-refractivity contribution is -0.281. The average Bonchev–Trinajstić information content (AvgIpc) is 2.77. The molecule has 0 radical (unpaired) electrons. The fourth-order valence-electron chi connectivity index (χ4n) is 4.68. The van der Waals surface area contributed by atoms with E-state index in [0.29, 0.717) is 29.8 Å². The molecular formula is C24H31Cl2F3N2O2. The first-order chi connectivity index (χ1) is 14.8. The number of halogens is 5. The highest BCUT2D eigenvalue weighted by molar-refractivity contribution is 5.85. The van der Waals surface area contributed by atoms with Crippen molar-refractivity contribution in [2.75, 3.05) is 20.3 Å². The Morgan fingerprint density at radius 3 is 2.58 bits per heavy atom. The SMILES string of the molecule is COc1cc2c(cc1CNC1CCCNC1c1ccccc1)[C@](C)(C(F)(F)F)OCC2.Cl.Cl. The van der Waals surface area contributed by atoms with Crippen molar-refractivity contribution < 1.29 is 22.6 Å². The van der Waals surface area contributed by atoms with Crippen molar-refractivity contribution >= 4 is 24.8 Å². The van der Waals surface area contributed by atoms with E-state index in [1.807, 2.05) is 18.2 Å². The first kappa shape index (κ1) is 27.7. The summed E-state index contributed by atoms with van der Waals surface area (Å²) in [6, 6.07) is 13.9. The predicted octanol–water partition coefficient (Wildman–Crippen LogP) is 5.47. The summed E-state index contributed by atoms with van der Waals surface area (Å²) in [6.45, 7) is 2.52.